The second kappa shape index (κ2) is 8.30. The van der Waals surface area contributed by atoms with Gasteiger partial charge in [0.2, 0.25) is 0 Å². The highest BCUT2D eigenvalue weighted by Gasteiger charge is 2.22. The second-order valence-electron chi connectivity index (χ2n) is 10.8. The van der Waals surface area contributed by atoms with Crippen LogP contribution in [0.15, 0.2) is 130 Å². The molecule has 0 amide bonds. The van der Waals surface area contributed by atoms with Gasteiger partial charge >= 0.3 is 0 Å². The predicted molar refractivity (Wildman–Crippen MR) is 169 cm³/mol. The summed E-state index contributed by atoms with van der Waals surface area (Å²) in [5, 5.41) is 8.96. The highest BCUT2D eigenvalue weighted by Crippen LogP contribution is 2.46. The highest BCUT2D eigenvalue weighted by molar-refractivity contribution is 6.28. The Balaban J connectivity index is 1.46. The van der Waals surface area contributed by atoms with E-state index >= 15 is 0 Å². The van der Waals surface area contributed by atoms with Crippen LogP contribution < -0.4 is 0 Å². The molecule has 3 nitrogen and oxygen atoms in total. The van der Waals surface area contributed by atoms with Crippen molar-refractivity contribution in [1.29, 1.82) is 0 Å². The van der Waals surface area contributed by atoms with Gasteiger partial charge in [0.05, 0.1) is 11.1 Å². The number of aromatic nitrogens is 1. The summed E-state index contributed by atoms with van der Waals surface area (Å²) in [6.07, 6.45) is 1.97. The van der Waals surface area contributed by atoms with Gasteiger partial charge in [-0.2, -0.15) is 0 Å². The molecule has 3 aromatic heterocycles. The lowest BCUT2D eigenvalue weighted by molar-refractivity contribution is 0.663. The third-order valence-electron chi connectivity index (χ3n) is 8.37. The van der Waals surface area contributed by atoms with Crippen LogP contribution in [0.3, 0.4) is 0 Å². The SMILES string of the molecule is Cc1cnc(-c2ccccc2)cc1-c1cc2oc3cc4ccccc4cc3c2c2oc3cc4ccccc4cc3c12. The zero-order valence-electron chi connectivity index (χ0n) is 22.3. The largest absolute Gasteiger partial charge is 0.456 e. The van der Waals surface area contributed by atoms with E-state index in [-0.39, 0.29) is 0 Å². The first-order chi connectivity index (χ1) is 20.2. The van der Waals surface area contributed by atoms with Gasteiger partial charge in [0.1, 0.15) is 22.3 Å². The molecule has 3 heterocycles. The Morgan fingerprint density at radius 3 is 1.78 bits per heavy atom. The van der Waals surface area contributed by atoms with Crippen LogP contribution in [0.1, 0.15) is 5.56 Å². The van der Waals surface area contributed by atoms with Crippen molar-refractivity contribution in [2.75, 3.05) is 0 Å². The van der Waals surface area contributed by atoms with Crippen molar-refractivity contribution >= 4 is 65.4 Å². The van der Waals surface area contributed by atoms with Gasteiger partial charge < -0.3 is 8.83 Å². The molecule has 0 unspecified atom stereocenters. The molecule has 9 rings (SSSR count). The van der Waals surface area contributed by atoms with Crippen LogP contribution in [0, 0.1) is 6.92 Å². The lowest BCUT2D eigenvalue weighted by Gasteiger charge is -2.11. The minimum absolute atomic E-state index is 0.818. The minimum Gasteiger partial charge on any atom is -0.456 e. The molecule has 0 radical (unpaired) electrons. The molecule has 0 saturated carbocycles. The zero-order chi connectivity index (χ0) is 27.1. The number of benzene rings is 6. The monoisotopic (exact) mass is 525 g/mol. The maximum atomic E-state index is 6.79. The summed E-state index contributed by atoms with van der Waals surface area (Å²) in [6.45, 7) is 2.12. The van der Waals surface area contributed by atoms with Crippen LogP contribution in [-0.2, 0) is 0 Å². The maximum Gasteiger partial charge on any atom is 0.147 e. The van der Waals surface area contributed by atoms with Crippen LogP contribution >= 0.6 is 0 Å². The third-order valence-corrected chi connectivity index (χ3v) is 8.37. The standard InChI is InChI=1S/C38H23NO2/c1-22-21-39-32(23-9-3-2-4-10-23)19-28(22)29-20-35-37(31-16-25-12-6-7-13-26(25)17-33(31)40-35)38-36(29)30-15-24-11-5-8-14-27(24)18-34(30)41-38/h2-21H,1H3. The Morgan fingerprint density at radius 1 is 0.512 bits per heavy atom. The number of nitrogens with zero attached hydrogens (tertiary/aromatic N) is 1. The van der Waals surface area contributed by atoms with E-state index in [9.17, 15) is 0 Å². The number of aryl methyl sites for hydroxylation is 1. The normalized spacial score (nSPS) is 12.0. The van der Waals surface area contributed by atoms with E-state index in [4.69, 9.17) is 13.8 Å². The Bertz CT molecular complexity index is 2480. The lowest BCUT2D eigenvalue weighted by Crippen LogP contribution is -1.90. The molecule has 0 spiro atoms. The smallest absolute Gasteiger partial charge is 0.147 e. The Kier molecular flexibility index (Phi) is 4.53. The summed E-state index contributed by atoms with van der Waals surface area (Å²) in [7, 11) is 0. The summed E-state index contributed by atoms with van der Waals surface area (Å²) in [4.78, 5) is 4.79. The van der Waals surface area contributed by atoms with Crippen LogP contribution in [0.25, 0.3) is 87.8 Å². The summed E-state index contributed by atoms with van der Waals surface area (Å²) < 4.78 is 13.4. The lowest BCUT2D eigenvalue weighted by atomic mass is 9.93. The Morgan fingerprint density at radius 2 is 1.10 bits per heavy atom. The maximum absolute atomic E-state index is 6.79. The first kappa shape index (κ1) is 22.4. The molecule has 0 saturated heterocycles. The molecule has 0 bridgehead atoms. The molecule has 6 aromatic carbocycles. The topological polar surface area (TPSA) is 39.2 Å². The molecular weight excluding hydrogens is 502 g/mol. The van der Waals surface area contributed by atoms with Crippen LogP contribution in [0.4, 0.5) is 0 Å². The highest BCUT2D eigenvalue weighted by atomic mass is 16.3. The van der Waals surface area contributed by atoms with Crippen LogP contribution in [0.2, 0.25) is 0 Å². The van der Waals surface area contributed by atoms with Crippen molar-refractivity contribution < 1.29 is 8.83 Å². The van der Waals surface area contributed by atoms with Crippen molar-refractivity contribution in [3.05, 3.63) is 127 Å². The van der Waals surface area contributed by atoms with Crippen LogP contribution in [0.5, 0.6) is 0 Å². The number of hydrogen-bond donors (Lipinski definition) is 0. The third kappa shape index (κ3) is 3.30. The predicted octanol–water partition coefficient (Wildman–Crippen LogP) is 10.8. The van der Waals surface area contributed by atoms with Crippen molar-refractivity contribution in [2.45, 2.75) is 6.92 Å². The first-order valence-corrected chi connectivity index (χ1v) is 13.9. The van der Waals surface area contributed by atoms with Gasteiger partial charge in [0, 0.05) is 27.9 Å². The second-order valence-corrected chi connectivity index (χ2v) is 10.8. The van der Waals surface area contributed by atoms with Gasteiger partial charge in [-0.05, 0) is 81.6 Å². The Labute approximate surface area is 235 Å². The van der Waals surface area contributed by atoms with Crippen molar-refractivity contribution in [3.63, 3.8) is 0 Å². The average molecular weight is 526 g/mol. The number of furan rings is 2. The number of fused-ring (bicyclic) bond motifs is 9. The molecule has 192 valence electrons. The van der Waals surface area contributed by atoms with Gasteiger partial charge in [-0.3, -0.25) is 4.98 Å². The minimum atomic E-state index is 0.818. The quantitative estimate of drug-likeness (QED) is 0.225. The molecule has 0 N–H and O–H groups in total. The van der Waals surface area contributed by atoms with E-state index in [1.807, 2.05) is 24.4 Å². The molecule has 9 aromatic rings. The fourth-order valence-corrected chi connectivity index (χ4v) is 6.36. The number of rotatable bonds is 2. The van der Waals surface area contributed by atoms with E-state index in [1.165, 1.54) is 10.8 Å². The summed E-state index contributed by atoms with van der Waals surface area (Å²) >= 11 is 0. The molecule has 0 fully saturated rings. The van der Waals surface area contributed by atoms with E-state index in [0.29, 0.717) is 0 Å². The molecule has 0 aliphatic heterocycles. The van der Waals surface area contributed by atoms with E-state index in [0.717, 1.165) is 82.6 Å². The van der Waals surface area contributed by atoms with E-state index in [2.05, 4.69) is 104 Å². The average Bonchev–Trinajstić information content (AvgIpc) is 3.56. The van der Waals surface area contributed by atoms with Crippen LogP contribution in [-0.4, -0.2) is 4.98 Å². The van der Waals surface area contributed by atoms with Gasteiger partial charge in [0.15, 0.2) is 0 Å². The molecule has 0 atom stereocenters. The zero-order valence-corrected chi connectivity index (χ0v) is 22.3. The van der Waals surface area contributed by atoms with Gasteiger partial charge in [-0.15, -0.1) is 0 Å². The molecule has 0 aliphatic rings. The summed E-state index contributed by atoms with van der Waals surface area (Å²) in [5.41, 5.74) is 8.74. The van der Waals surface area contributed by atoms with E-state index in [1.54, 1.807) is 0 Å². The number of hydrogen-bond acceptors (Lipinski definition) is 3. The van der Waals surface area contributed by atoms with Gasteiger partial charge in [-0.1, -0.05) is 78.9 Å². The fraction of sp³-hybridized carbons (Fsp3) is 0.0263. The molecule has 0 aliphatic carbocycles. The fourth-order valence-electron chi connectivity index (χ4n) is 6.36. The molecule has 41 heavy (non-hydrogen) atoms. The van der Waals surface area contributed by atoms with Crippen molar-refractivity contribution in [1.82, 2.24) is 4.98 Å². The number of pyridine rings is 1. The van der Waals surface area contributed by atoms with Gasteiger partial charge in [0.25, 0.3) is 0 Å². The van der Waals surface area contributed by atoms with Crippen molar-refractivity contribution in [2.24, 2.45) is 0 Å². The molecule has 3 heteroatoms. The Hall–Kier alpha value is -5.41. The van der Waals surface area contributed by atoms with Crippen molar-refractivity contribution in [3.8, 4) is 22.4 Å². The van der Waals surface area contributed by atoms with E-state index < -0.39 is 0 Å². The first-order valence-electron chi connectivity index (χ1n) is 13.9. The molecular formula is C38H23NO2. The summed E-state index contributed by atoms with van der Waals surface area (Å²) in [5.74, 6) is 0. The van der Waals surface area contributed by atoms with Gasteiger partial charge in [-0.25, -0.2) is 0 Å². The summed E-state index contributed by atoms with van der Waals surface area (Å²) in [6, 6.07) is 40.4.